The number of imide groups is 1. The molecule has 1 spiro atoms. The summed E-state index contributed by atoms with van der Waals surface area (Å²) >= 11 is 0. The predicted molar refractivity (Wildman–Crippen MR) is 117 cm³/mol. The van der Waals surface area contributed by atoms with Crippen molar-refractivity contribution in [1.29, 1.82) is 0 Å². The summed E-state index contributed by atoms with van der Waals surface area (Å²) in [6.07, 6.45) is 2.86. The maximum Gasteiger partial charge on any atom is 0.324 e. The second kappa shape index (κ2) is 6.28. The average molecular weight is 412 g/mol. The van der Waals surface area contributed by atoms with Crippen LogP contribution in [-0.2, 0) is 24.2 Å². The smallest absolute Gasteiger partial charge is 0.324 e. The fourth-order valence-electron chi connectivity index (χ4n) is 4.77. The van der Waals surface area contributed by atoms with Crippen molar-refractivity contribution in [1.82, 2.24) is 25.4 Å². The van der Waals surface area contributed by atoms with Crippen LogP contribution in [0.3, 0.4) is 0 Å². The molecule has 8 heteroatoms. The first-order chi connectivity index (χ1) is 15.0. The van der Waals surface area contributed by atoms with E-state index in [9.17, 15) is 9.59 Å². The predicted octanol–water partition coefficient (Wildman–Crippen LogP) is 2.74. The Kier molecular flexibility index (Phi) is 3.62. The third kappa shape index (κ3) is 2.61. The third-order valence-corrected chi connectivity index (χ3v) is 6.57. The van der Waals surface area contributed by atoms with Gasteiger partial charge in [-0.3, -0.25) is 20.2 Å². The normalized spacial score (nSPS) is 20.1. The molecule has 2 aromatic carbocycles. The lowest BCUT2D eigenvalue weighted by molar-refractivity contribution is -0.125. The summed E-state index contributed by atoms with van der Waals surface area (Å²) < 4.78 is 0. The fraction of sp³-hybridized carbons (Fsp3) is 0.217. The van der Waals surface area contributed by atoms with Crippen molar-refractivity contribution in [2.45, 2.75) is 24.9 Å². The third-order valence-electron chi connectivity index (χ3n) is 6.57. The van der Waals surface area contributed by atoms with Crippen LogP contribution in [0.15, 0.2) is 48.7 Å². The summed E-state index contributed by atoms with van der Waals surface area (Å²) in [4.78, 5) is 30.9. The summed E-state index contributed by atoms with van der Waals surface area (Å²) in [6, 6.07) is 13.9. The number of nitrogens with one attached hydrogen (secondary N) is 3. The second-order valence-electron chi connectivity index (χ2n) is 8.31. The van der Waals surface area contributed by atoms with Crippen LogP contribution in [-0.4, -0.2) is 44.6 Å². The molecule has 31 heavy (non-hydrogen) atoms. The minimum Gasteiger partial charge on any atom is -0.379 e. The number of hydrogen-bond acceptors (Lipinski definition) is 5. The number of carbonyl (C=O) groups excluding carboxylic acids is 2. The lowest BCUT2D eigenvalue weighted by Crippen LogP contribution is -2.48. The Labute approximate surface area is 177 Å². The van der Waals surface area contributed by atoms with Gasteiger partial charge in [-0.2, -0.15) is 5.10 Å². The molecule has 4 aromatic rings. The van der Waals surface area contributed by atoms with E-state index in [0.717, 1.165) is 44.3 Å². The van der Waals surface area contributed by atoms with E-state index < -0.39 is 5.54 Å². The topological polar surface area (TPSA) is 103 Å². The van der Waals surface area contributed by atoms with E-state index in [1.54, 1.807) is 11.9 Å². The summed E-state index contributed by atoms with van der Waals surface area (Å²) in [5.41, 5.74) is 5.16. The van der Waals surface area contributed by atoms with E-state index >= 15 is 0 Å². The first-order valence-electron chi connectivity index (χ1n) is 10.2. The molecule has 1 aliphatic heterocycles. The lowest BCUT2D eigenvalue weighted by Gasteiger charge is -2.27. The zero-order chi connectivity index (χ0) is 21.2. The SMILES string of the molecule is CN1C(=O)NC(=O)C12Cc1cc3ccc(CNc4cccc5[nH]ncc45)nc3cc1C2. The van der Waals surface area contributed by atoms with Crippen LogP contribution in [0.4, 0.5) is 10.5 Å². The maximum absolute atomic E-state index is 12.5. The van der Waals surface area contributed by atoms with E-state index in [1.165, 1.54) is 0 Å². The van der Waals surface area contributed by atoms with Crippen LogP contribution in [0.5, 0.6) is 0 Å². The Bertz CT molecular complexity index is 1390. The highest BCUT2D eigenvalue weighted by Crippen LogP contribution is 2.38. The van der Waals surface area contributed by atoms with Gasteiger partial charge in [0.1, 0.15) is 5.54 Å². The van der Waals surface area contributed by atoms with Crippen molar-refractivity contribution in [3.05, 3.63) is 65.5 Å². The zero-order valence-electron chi connectivity index (χ0n) is 16.9. The molecular weight excluding hydrogens is 392 g/mol. The van der Waals surface area contributed by atoms with Gasteiger partial charge in [-0.15, -0.1) is 0 Å². The molecule has 8 nitrogen and oxygen atoms in total. The maximum atomic E-state index is 12.5. The Morgan fingerprint density at radius 1 is 1.13 bits per heavy atom. The number of aromatic nitrogens is 3. The zero-order valence-corrected chi connectivity index (χ0v) is 16.9. The first-order valence-corrected chi connectivity index (χ1v) is 10.2. The van der Waals surface area contributed by atoms with Gasteiger partial charge in [-0.05, 0) is 41.5 Å². The molecule has 0 radical (unpaired) electrons. The number of likely N-dealkylation sites (N-methyl/N-ethyl adjacent to an activating group) is 1. The number of nitrogens with zero attached hydrogens (tertiary/aromatic N) is 3. The number of anilines is 1. The van der Waals surface area contributed by atoms with Gasteiger partial charge in [0.2, 0.25) is 0 Å². The molecule has 6 rings (SSSR count). The molecule has 0 saturated carbocycles. The number of carbonyl (C=O) groups is 2. The number of amides is 3. The molecule has 2 aromatic heterocycles. The van der Waals surface area contributed by atoms with Crippen molar-refractivity contribution in [2.24, 2.45) is 0 Å². The highest BCUT2D eigenvalue weighted by Gasteiger charge is 2.54. The van der Waals surface area contributed by atoms with Crippen LogP contribution in [0, 0.1) is 0 Å². The van der Waals surface area contributed by atoms with Crippen molar-refractivity contribution in [2.75, 3.05) is 12.4 Å². The molecule has 3 amide bonds. The number of aromatic amines is 1. The van der Waals surface area contributed by atoms with Crippen LogP contribution >= 0.6 is 0 Å². The Morgan fingerprint density at radius 2 is 1.97 bits per heavy atom. The fourth-order valence-corrected chi connectivity index (χ4v) is 4.77. The molecule has 1 aliphatic carbocycles. The number of pyridine rings is 1. The quantitative estimate of drug-likeness (QED) is 0.449. The van der Waals surface area contributed by atoms with Crippen molar-refractivity contribution < 1.29 is 9.59 Å². The van der Waals surface area contributed by atoms with Gasteiger partial charge in [0, 0.05) is 36.3 Å². The average Bonchev–Trinajstić information content (AvgIpc) is 3.44. The van der Waals surface area contributed by atoms with Gasteiger partial charge >= 0.3 is 6.03 Å². The highest BCUT2D eigenvalue weighted by molar-refractivity contribution is 6.08. The highest BCUT2D eigenvalue weighted by atomic mass is 16.2. The number of H-pyrrole nitrogens is 1. The molecule has 1 saturated heterocycles. The van der Waals surface area contributed by atoms with Gasteiger partial charge in [0.05, 0.1) is 29.5 Å². The van der Waals surface area contributed by atoms with Crippen LogP contribution in [0.25, 0.3) is 21.8 Å². The molecule has 0 bridgehead atoms. The van der Waals surface area contributed by atoms with Gasteiger partial charge in [0.15, 0.2) is 0 Å². The van der Waals surface area contributed by atoms with E-state index in [-0.39, 0.29) is 11.9 Å². The van der Waals surface area contributed by atoms with Crippen molar-refractivity contribution >= 4 is 39.4 Å². The second-order valence-corrected chi connectivity index (χ2v) is 8.31. The molecule has 3 heterocycles. The van der Waals surface area contributed by atoms with Crippen molar-refractivity contribution in [3.8, 4) is 0 Å². The summed E-state index contributed by atoms with van der Waals surface area (Å²) in [7, 11) is 1.69. The Morgan fingerprint density at radius 3 is 2.77 bits per heavy atom. The monoisotopic (exact) mass is 412 g/mol. The van der Waals surface area contributed by atoms with Crippen molar-refractivity contribution in [3.63, 3.8) is 0 Å². The molecular formula is C23H20N6O2. The van der Waals surface area contributed by atoms with Gasteiger partial charge < -0.3 is 10.2 Å². The molecule has 1 fully saturated rings. The Hall–Kier alpha value is -3.94. The Balaban J connectivity index is 1.29. The molecule has 2 aliphatic rings. The van der Waals surface area contributed by atoms with E-state index in [0.29, 0.717) is 19.4 Å². The largest absolute Gasteiger partial charge is 0.379 e. The van der Waals surface area contributed by atoms with Crippen LogP contribution < -0.4 is 10.6 Å². The number of urea groups is 1. The van der Waals surface area contributed by atoms with E-state index in [1.807, 2.05) is 30.5 Å². The number of fused-ring (bicyclic) bond motifs is 3. The lowest BCUT2D eigenvalue weighted by atomic mass is 9.95. The summed E-state index contributed by atoms with van der Waals surface area (Å²) in [5, 5.41) is 15.0. The van der Waals surface area contributed by atoms with E-state index in [4.69, 9.17) is 4.98 Å². The minimum atomic E-state index is -0.815. The summed E-state index contributed by atoms with van der Waals surface area (Å²) in [6.45, 7) is 0.584. The van der Waals surface area contributed by atoms with Crippen LogP contribution in [0.1, 0.15) is 16.8 Å². The van der Waals surface area contributed by atoms with Gasteiger partial charge in [0.25, 0.3) is 5.91 Å². The first kappa shape index (κ1) is 17.9. The number of hydrogen-bond donors (Lipinski definition) is 3. The molecule has 1 unspecified atom stereocenters. The molecule has 3 N–H and O–H groups in total. The molecule has 1 atom stereocenters. The number of benzene rings is 2. The van der Waals surface area contributed by atoms with Gasteiger partial charge in [-0.1, -0.05) is 12.1 Å². The minimum absolute atomic E-state index is 0.216. The molecule has 154 valence electrons. The van der Waals surface area contributed by atoms with E-state index in [2.05, 4.69) is 39.0 Å². The van der Waals surface area contributed by atoms with Gasteiger partial charge in [-0.25, -0.2) is 4.79 Å². The van der Waals surface area contributed by atoms with Crippen LogP contribution in [0.2, 0.25) is 0 Å². The standard InChI is InChI=1S/C23H20N6O2/c1-29-22(31)27-21(30)23(29)9-14-7-13-5-6-16(26-20(13)8-15(14)10-23)11-24-18-3-2-4-19-17(18)12-25-28-19/h2-8,12,24H,9-11H2,1H3,(H,25,28)(H,27,30,31). The number of rotatable bonds is 3. The summed E-state index contributed by atoms with van der Waals surface area (Å²) in [5.74, 6) is -0.216.